The highest BCUT2D eigenvalue weighted by Crippen LogP contribution is 2.37. The van der Waals surface area contributed by atoms with Gasteiger partial charge in [0.1, 0.15) is 29.3 Å². The molecule has 6 heteroatoms. The zero-order valence-corrected chi connectivity index (χ0v) is 11.4. The first-order valence-corrected chi connectivity index (χ1v) is 6.66. The number of ketones is 1. The van der Waals surface area contributed by atoms with E-state index in [1.807, 2.05) is 0 Å². The Kier molecular flexibility index (Phi) is 3.38. The summed E-state index contributed by atoms with van der Waals surface area (Å²) in [7, 11) is 0. The van der Waals surface area contributed by atoms with Crippen LogP contribution in [0.1, 0.15) is 5.56 Å². The highest BCUT2D eigenvalue weighted by atomic mass is 16.5. The standard InChI is InChI=1S/C16H14O6/c17-6-10-12(19)5-13-14(15(10)20)16(21)11(7-22-13)8-1-3-9(18)4-2-8/h1-5,7,13-14,17-20H,6H2. The van der Waals surface area contributed by atoms with Gasteiger partial charge in [-0.1, -0.05) is 12.1 Å². The second-order valence-corrected chi connectivity index (χ2v) is 5.09. The number of hydrogen-bond donors (Lipinski definition) is 4. The fraction of sp³-hybridized carbons (Fsp3) is 0.188. The minimum atomic E-state index is -1.01. The maximum absolute atomic E-state index is 12.6. The number of phenols is 1. The zero-order valence-electron chi connectivity index (χ0n) is 11.4. The Balaban J connectivity index is 2.01. The summed E-state index contributed by atoms with van der Waals surface area (Å²) in [6, 6.07) is 6.01. The van der Waals surface area contributed by atoms with Gasteiger partial charge in [0, 0.05) is 0 Å². The molecular formula is C16H14O6. The summed E-state index contributed by atoms with van der Waals surface area (Å²) >= 11 is 0. The van der Waals surface area contributed by atoms with E-state index in [9.17, 15) is 25.2 Å². The van der Waals surface area contributed by atoms with E-state index in [-0.39, 0.29) is 34.2 Å². The molecule has 1 aliphatic carbocycles. The largest absolute Gasteiger partial charge is 0.511 e. The number of carbonyl (C=O) groups excluding carboxylic acids is 1. The SMILES string of the molecule is O=C1C(c2ccc(O)cc2)=COC2C=C(O)C(CO)=C(O)C12. The van der Waals surface area contributed by atoms with Crippen LogP contribution in [-0.2, 0) is 9.53 Å². The van der Waals surface area contributed by atoms with Crippen molar-refractivity contribution in [3.05, 3.63) is 59.3 Å². The Morgan fingerprint density at radius 3 is 2.41 bits per heavy atom. The average Bonchev–Trinajstić information content (AvgIpc) is 2.49. The number of aliphatic hydroxyl groups excluding tert-OH is 3. The third-order valence-corrected chi connectivity index (χ3v) is 3.79. The summed E-state index contributed by atoms with van der Waals surface area (Å²) in [5, 5.41) is 38.4. The van der Waals surface area contributed by atoms with Gasteiger partial charge >= 0.3 is 0 Å². The number of allylic oxidation sites excluding steroid dienone is 1. The molecule has 4 N–H and O–H groups in total. The van der Waals surface area contributed by atoms with Gasteiger partial charge in [-0.3, -0.25) is 4.79 Å². The molecule has 22 heavy (non-hydrogen) atoms. The Labute approximate surface area is 125 Å². The maximum atomic E-state index is 12.6. The van der Waals surface area contributed by atoms with Crippen LogP contribution in [0, 0.1) is 5.92 Å². The summed E-state index contributed by atoms with van der Waals surface area (Å²) in [6.07, 6.45) is 1.75. The number of ether oxygens (including phenoxy) is 1. The first-order valence-electron chi connectivity index (χ1n) is 6.66. The van der Waals surface area contributed by atoms with Gasteiger partial charge < -0.3 is 25.2 Å². The van der Waals surface area contributed by atoms with Gasteiger partial charge in [0.2, 0.25) is 0 Å². The second-order valence-electron chi connectivity index (χ2n) is 5.09. The quantitative estimate of drug-likeness (QED) is 0.660. The number of fused-ring (bicyclic) bond motifs is 1. The Bertz CT molecular complexity index is 711. The molecule has 2 unspecified atom stereocenters. The van der Waals surface area contributed by atoms with E-state index in [4.69, 9.17) is 4.74 Å². The van der Waals surface area contributed by atoms with E-state index in [0.717, 1.165) is 0 Å². The topological polar surface area (TPSA) is 107 Å². The van der Waals surface area contributed by atoms with E-state index < -0.39 is 18.6 Å². The fourth-order valence-electron chi connectivity index (χ4n) is 2.60. The molecule has 3 rings (SSSR count). The maximum Gasteiger partial charge on any atom is 0.181 e. The van der Waals surface area contributed by atoms with Gasteiger partial charge in [0.05, 0.1) is 24.0 Å². The minimum Gasteiger partial charge on any atom is -0.511 e. The highest BCUT2D eigenvalue weighted by Gasteiger charge is 2.42. The van der Waals surface area contributed by atoms with Crippen molar-refractivity contribution in [3.8, 4) is 5.75 Å². The lowest BCUT2D eigenvalue weighted by Gasteiger charge is -2.32. The molecule has 0 saturated carbocycles. The molecule has 1 heterocycles. The van der Waals surface area contributed by atoms with Crippen LogP contribution in [0.15, 0.2) is 53.7 Å². The molecule has 0 fully saturated rings. The molecule has 0 amide bonds. The van der Waals surface area contributed by atoms with E-state index >= 15 is 0 Å². The molecule has 2 atom stereocenters. The normalized spacial score (nSPS) is 24.3. The lowest BCUT2D eigenvalue weighted by atomic mass is 9.81. The molecule has 114 valence electrons. The predicted octanol–water partition coefficient (Wildman–Crippen LogP) is 1.58. The number of rotatable bonds is 2. The van der Waals surface area contributed by atoms with Gasteiger partial charge in [-0.05, 0) is 23.8 Å². The van der Waals surface area contributed by atoms with Crippen LogP contribution in [0.3, 0.4) is 0 Å². The van der Waals surface area contributed by atoms with Gasteiger partial charge in [-0.25, -0.2) is 0 Å². The van der Waals surface area contributed by atoms with Crippen molar-refractivity contribution >= 4 is 11.4 Å². The number of benzene rings is 1. The first kappa shape index (κ1) is 14.2. The lowest BCUT2D eigenvalue weighted by Crippen LogP contribution is -2.37. The highest BCUT2D eigenvalue weighted by molar-refractivity contribution is 6.23. The Morgan fingerprint density at radius 1 is 1.09 bits per heavy atom. The minimum absolute atomic E-state index is 0.0715. The molecule has 0 saturated heterocycles. The molecule has 0 bridgehead atoms. The van der Waals surface area contributed by atoms with Crippen molar-refractivity contribution in [1.82, 2.24) is 0 Å². The number of phenolic OH excluding ortho intramolecular Hbond substituents is 1. The van der Waals surface area contributed by atoms with Crippen LogP contribution in [0.4, 0.5) is 0 Å². The van der Waals surface area contributed by atoms with E-state index in [1.54, 1.807) is 12.1 Å². The van der Waals surface area contributed by atoms with Crippen molar-refractivity contribution in [3.63, 3.8) is 0 Å². The van der Waals surface area contributed by atoms with Crippen LogP contribution in [0.5, 0.6) is 5.75 Å². The van der Waals surface area contributed by atoms with Crippen molar-refractivity contribution in [2.24, 2.45) is 5.92 Å². The first-order chi connectivity index (χ1) is 10.5. The van der Waals surface area contributed by atoms with Crippen molar-refractivity contribution in [2.45, 2.75) is 6.10 Å². The van der Waals surface area contributed by atoms with Gasteiger partial charge in [0.15, 0.2) is 5.78 Å². The monoisotopic (exact) mass is 302 g/mol. The molecule has 1 aliphatic heterocycles. The number of aliphatic hydroxyl groups is 3. The smallest absolute Gasteiger partial charge is 0.181 e. The molecule has 6 nitrogen and oxygen atoms in total. The predicted molar refractivity (Wildman–Crippen MR) is 76.9 cm³/mol. The van der Waals surface area contributed by atoms with Crippen molar-refractivity contribution in [1.29, 1.82) is 0 Å². The molecular weight excluding hydrogens is 288 g/mol. The zero-order chi connectivity index (χ0) is 15.9. The van der Waals surface area contributed by atoms with Gasteiger partial charge in [-0.15, -0.1) is 0 Å². The Morgan fingerprint density at radius 2 is 1.77 bits per heavy atom. The summed E-state index contributed by atoms with van der Waals surface area (Å²) in [4.78, 5) is 12.6. The number of hydrogen-bond acceptors (Lipinski definition) is 6. The third kappa shape index (κ3) is 2.14. The summed E-state index contributed by atoms with van der Waals surface area (Å²) in [5.41, 5.74) is 0.711. The summed E-state index contributed by atoms with van der Waals surface area (Å²) in [6.45, 7) is -0.580. The molecule has 1 aromatic rings. The number of Topliss-reactive ketones (excluding diaryl/α,β-unsaturated/α-hetero) is 1. The number of aromatic hydroxyl groups is 1. The Hall–Kier alpha value is -2.73. The van der Waals surface area contributed by atoms with Crippen LogP contribution in [0.2, 0.25) is 0 Å². The fourth-order valence-corrected chi connectivity index (χ4v) is 2.60. The van der Waals surface area contributed by atoms with Crippen LogP contribution < -0.4 is 0 Å². The van der Waals surface area contributed by atoms with Crippen molar-refractivity contribution in [2.75, 3.05) is 6.61 Å². The lowest BCUT2D eigenvalue weighted by molar-refractivity contribution is -0.121. The van der Waals surface area contributed by atoms with Crippen LogP contribution in [-0.4, -0.2) is 38.9 Å². The summed E-state index contributed by atoms with van der Waals surface area (Å²) in [5.74, 6) is -2.00. The molecule has 1 aromatic carbocycles. The number of carbonyl (C=O) groups is 1. The van der Waals surface area contributed by atoms with Crippen LogP contribution in [0.25, 0.3) is 5.57 Å². The average molecular weight is 302 g/mol. The van der Waals surface area contributed by atoms with Gasteiger partial charge in [0.25, 0.3) is 0 Å². The van der Waals surface area contributed by atoms with Gasteiger partial charge in [-0.2, -0.15) is 0 Å². The van der Waals surface area contributed by atoms with E-state index in [1.165, 1.54) is 24.5 Å². The molecule has 0 spiro atoms. The van der Waals surface area contributed by atoms with E-state index in [2.05, 4.69) is 0 Å². The molecule has 2 aliphatic rings. The van der Waals surface area contributed by atoms with E-state index in [0.29, 0.717) is 5.56 Å². The molecule has 0 aromatic heterocycles. The third-order valence-electron chi connectivity index (χ3n) is 3.79. The van der Waals surface area contributed by atoms with Crippen LogP contribution >= 0.6 is 0 Å². The van der Waals surface area contributed by atoms with Crippen molar-refractivity contribution < 1.29 is 30.0 Å². The summed E-state index contributed by atoms with van der Waals surface area (Å²) < 4.78 is 5.43. The molecule has 0 radical (unpaired) electrons. The second kappa shape index (κ2) is 5.23.